The van der Waals surface area contributed by atoms with Crippen molar-refractivity contribution in [3.63, 3.8) is 0 Å². The number of ether oxygens (including phenoxy) is 1. The topological polar surface area (TPSA) is 46.6 Å². The fraction of sp³-hybridized carbons (Fsp3) is 0.619. The van der Waals surface area contributed by atoms with Crippen molar-refractivity contribution < 1.29 is 14.3 Å². The van der Waals surface area contributed by atoms with Crippen molar-refractivity contribution in [2.24, 2.45) is 17.8 Å². The van der Waals surface area contributed by atoms with Gasteiger partial charge in [-0.2, -0.15) is 0 Å². The van der Waals surface area contributed by atoms with Gasteiger partial charge in [-0.15, -0.1) is 0 Å². The molecule has 4 atom stereocenters. The summed E-state index contributed by atoms with van der Waals surface area (Å²) in [5.41, 5.74) is 1.69. The summed E-state index contributed by atoms with van der Waals surface area (Å²) in [6, 6.07) is 7.01. The van der Waals surface area contributed by atoms with Crippen LogP contribution in [0.4, 0.5) is 0 Å². The monoisotopic (exact) mass is 343 g/mol. The zero-order valence-electron chi connectivity index (χ0n) is 15.7. The molecule has 136 valence electrons. The predicted octanol–water partition coefficient (Wildman–Crippen LogP) is 4.03. The molecule has 4 heteroatoms. The van der Waals surface area contributed by atoms with E-state index in [0.717, 1.165) is 18.4 Å². The van der Waals surface area contributed by atoms with E-state index in [0.29, 0.717) is 29.9 Å². The van der Waals surface area contributed by atoms with Crippen LogP contribution in [0.1, 0.15) is 62.9 Å². The van der Waals surface area contributed by atoms with E-state index in [9.17, 15) is 9.59 Å². The molecular formula is C21H29NO3. The quantitative estimate of drug-likeness (QED) is 0.775. The Bertz CT molecular complexity index is 654. The lowest BCUT2D eigenvalue weighted by molar-refractivity contribution is -0.160. The Balaban J connectivity index is 1.68. The highest BCUT2D eigenvalue weighted by atomic mass is 16.5. The van der Waals surface area contributed by atoms with Gasteiger partial charge in [-0.05, 0) is 49.1 Å². The van der Waals surface area contributed by atoms with E-state index in [2.05, 4.69) is 20.8 Å². The molecule has 1 aromatic carbocycles. The Labute approximate surface area is 150 Å². The van der Waals surface area contributed by atoms with Crippen LogP contribution in [-0.4, -0.2) is 28.9 Å². The smallest absolute Gasteiger partial charge is 0.328 e. The molecule has 1 fully saturated rings. The van der Waals surface area contributed by atoms with Gasteiger partial charge in [-0.3, -0.25) is 4.79 Å². The van der Waals surface area contributed by atoms with Gasteiger partial charge in [0.05, 0.1) is 0 Å². The molecule has 1 aliphatic heterocycles. The summed E-state index contributed by atoms with van der Waals surface area (Å²) >= 11 is 0. The molecule has 0 radical (unpaired) electrons. The van der Waals surface area contributed by atoms with Gasteiger partial charge in [0.2, 0.25) is 0 Å². The van der Waals surface area contributed by atoms with Crippen molar-refractivity contribution in [1.82, 2.24) is 4.90 Å². The maximum absolute atomic E-state index is 12.8. The number of amides is 1. The molecule has 4 nitrogen and oxygen atoms in total. The second-order valence-electron chi connectivity index (χ2n) is 8.07. The summed E-state index contributed by atoms with van der Waals surface area (Å²) in [6.07, 6.45) is 3.21. The number of hydrogen-bond donors (Lipinski definition) is 0. The van der Waals surface area contributed by atoms with Crippen LogP contribution < -0.4 is 0 Å². The highest BCUT2D eigenvalue weighted by Crippen LogP contribution is 2.36. The molecule has 0 bridgehead atoms. The van der Waals surface area contributed by atoms with Crippen molar-refractivity contribution in [3.05, 3.63) is 35.4 Å². The molecule has 1 aromatic rings. The maximum Gasteiger partial charge on any atom is 0.328 e. The second kappa shape index (κ2) is 7.19. The summed E-state index contributed by atoms with van der Waals surface area (Å²) in [7, 11) is 0. The molecule has 1 amide bonds. The normalized spacial score (nSPS) is 27.3. The third kappa shape index (κ3) is 3.58. The average molecular weight is 343 g/mol. The first kappa shape index (κ1) is 18.0. The Morgan fingerprint density at radius 3 is 2.60 bits per heavy atom. The minimum Gasteiger partial charge on any atom is -0.461 e. The minimum absolute atomic E-state index is 0.0289. The lowest BCUT2D eigenvalue weighted by atomic mass is 9.75. The standard InChI is InChI=1S/C21H29NO3/c1-13(2)17-10-9-14(3)11-19(17)25-21(24)15(4)22-12-16-7-5-6-8-18(16)20(22)23/h5-8,13-15,17,19H,9-12H2,1-4H3. The summed E-state index contributed by atoms with van der Waals surface area (Å²) in [6.45, 7) is 8.89. The molecule has 25 heavy (non-hydrogen) atoms. The minimum atomic E-state index is -0.551. The fourth-order valence-corrected chi connectivity index (χ4v) is 4.21. The van der Waals surface area contributed by atoms with Gasteiger partial charge in [0.15, 0.2) is 0 Å². The largest absolute Gasteiger partial charge is 0.461 e. The molecule has 0 saturated heterocycles. The van der Waals surface area contributed by atoms with Crippen LogP contribution in [0, 0.1) is 17.8 Å². The van der Waals surface area contributed by atoms with E-state index >= 15 is 0 Å². The first-order valence-electron chi connectivity index (χ1n) is 9.47. The second-order valence-corrected chi connectivity index (χ2v) is 8.07. The van der Waals surface area contributed by atoms with Gasteiger partial charge in [0.1, 0.15) is 12.1 Å². The third-order valence-electron chi connectivity index (χ3n) is 5.89. The van der Waals surface area contributed by atoms with Gasteiger partial charge >= 0.3 is 5.97 Å². The average Bonchev–Trinajstić information content (AvgIpc) is 2.91. The first-order chi connectivity index (χ1) is 11.9. The van der Waals surface area contributed by atoms with Crippen molar-refractivity contribution in [3.8, 4) is 0 Å². The Kier molecular flexibility index (Phi) is 5.16. The highest BCUT2D eigenvalue weighted by molar-refractivity contribution is 6.00. The lowest BCUT2D eigenvalue weighted by Gasteiger charge is -2.37. The van der Waals surface area contributed by atoms with E-state index in [-0.39, 0.29) is 18.0 Å². The van der Waals surface area contributed by atoms with Gasteiger partial charge in [0, 0.05) is 12.1 Å². The third-order valence-corrected chi connectivity index (χ3v) is 5.89. The van der Waals surface area contributed by atoms with Gasteiger partial charge < -0.3 is 9.64 Å². The van der Waals surface area contributed by atoms with Crippen LogP contribution in [0.2, 0.25) is 0 Å². The maximum atomic E-state index is 12.8. The SMILES string of the molecule is CC1CCC(C(C)C)C(OC(=O)C(C)N2Cc3ccccc3C2=O)C1. The summed E-state index contributed by atoms with van der Waals surface area (Å²) in [5, 5.41) is 0. The van der Waals surface area contributed by atoms with Crippen LogP contribution in [0.25, 0.3) is 0 Å². The number of carbonyl (C=O) groups excluding carboxylic acids is 2. The number of nitrogens with zero attached hydrogens (tertiary/aromatic N) is 1. The van der Waals surface area contributed by atoms with Crippen LogP contribution >= 0.6 is 0 Å². The zero-order chi connectivity index (χ0) is 18.1. The Morgan fingerprint density at radius 2 is 1.92 bits per heavy atom. The Morgan fingerprint density at radius 1 is 1.20 bits per heavy atom. The highest BCUT2D eigenvalue weighted by Gasteiger charge is 2.38. The number of esters is 1. The molecule has 0 N–H and O–H groups in total. The molecular weight excluding hydrogens is 314 g/mol. The number of hydrogen-bond acceptors (Lipinski definition) is 3. The van der Waals surface area contributed by atoms with Gasteiger partial charge in [-0.1, -0.05) is 45.4 Å². The van der Waals surface area contributed by atoms with Crippen molar-refractivity contribution in [2.75, 3.05) is 0 Å². The Hall–Kier alpha value is -1.84. The summed E-state index contributed by atoms with van der Waals surface area (Å²) in [4.78, 5) is 27.0. The first-order valence-corrected chi connectivity index (χ1v) is 9.47. The number of rotatable bonds is 4. The van der Waals surface area contributed by atoms with E-state index in [4.69, 9.17) is 4.74 Å². The molecule has 4 unspecified atom stereocenters. The van der Waals surface area contributed by atoms with E-state index in [1.54, 1.807) is 11.8 Å². The zero-order valence-corrected chi connectivity index (χ0v) is 15.7. The number of fused-ring (bicyclic) bond motifs is 1. The molecule has 3 rings (SSSR count). The number of carbonyl (C=O) groups is 2. The van der Waals surface area contributed by atoms with E-state index < -0.39 is 6.04 Å². The van der Waals surface area contributed by atoms with Gasteiger partial charge in [0.25, 0.3) is 5.91 Å². The molecule has 2 aliphatic rings. The van der Waals surface area contributed by atoms with Crippen LogP contribution in [0.15, 0.2) is 24.3 Å². The van der Waals surface area contributed by atoms with Gasteiger partial charge in [-0.25, -0.2) is 4.79 Å². The fourth-order valence-electron chi connectivity index (χ4n) is 4.21. The lowest BCUT2D eigenvalue weighted by Crippen LogP contribution is -2.44. The van der Waals surface area contributed by atoms with Crippen molar-refractivity contribution >= 4 is 11.9 Å². The molecule has 1 saturated carbocycles. The van der Waals surface area contributed by atoms with Crippen molar-refractivity contribution in [1.29, 1.82) is 0 Å². The van der Waals surface area contributed by atoms with E-state index in [1.165, 1.54) is 6.42 Å². The van der Waals surface area contributed by atoms with Crippen LogP contribution in [0.3, 0.4) is 0 Å². The molecule has 1 heterocycles. The van der Waals surface area contributed by atoms with E-state index in [1.807, 2.05) is 24.3 Å². The van der Waals surface area contributed by atoms with Crippen LogP contribution in [0.5, 0.6) is 0 Å². The van der Waals surface area contributed by atoms with Crippen LogP contribution in [-0.2, 0) is 16.1 Å². The number of benzene rings is 1. The summed E-state index contributed by atoms with van der Waals surface area (Å²) < 4.78 is 5.92. The molecule has 1 aliphatic carbocycles. The van der Waals surface area contributed by atoms with Crippen molar-refractivity contribution in [2.45, 2.75) is 65.6 Å². The summed E-state index contributed by atoms with van der Waals surface area (Å²) in [5.74, 6) is 1.15. The molecule has 0 aromatic heterocycles. The molecule has 0 spiro atoms. The predicted molar refractivity (Wildman–Crippen MR) is 97.0 cm³/mol.